The third-order valence-electron chi connectivity index (χ3n) is 4.35. The van der Waals surface area contributed by atoms with E-state index < -0.39 is 41.0 Å². The zero-order valence-corrected chi connectivity index (χ0v) is 17.9. The first-order valence-corrected chi connectivity index (χ1v) is 10.6. The molecule has 3 amide bonds. The lowest BCUT2D eigenvalue weighted by Gasteiger charge is -2.49. The van der Waals surface area contributed by atoms with Crippen molar-refractivity contribution in [3.8, 4) is 0 Å². The topological polar surface area (TPSA) is 188 Å². The number of nitrogens with two attached hydrogens (primary N) is 1. The molecule has 1 aromatic rings. The Morgan fingerprint density at radius 3 is 2.71 bits per heavy atom. The van der Waals surface area contributed by atoms with E-state index in [1.54, 1.807) is 0 Å². The van der Waals surface area contributed by atoms with E-state index in [1.165, 1.54) is 36.1 Å². The van der Waals surface area contributed by atoms with Gasteiger partial charge in [-0.15, -0.1) is 23.1 Å². The molecule has 5 N–H and O–H groups in total. The summed E-state index contributed by atoms with van der Waals surface area (Å²) in [6.07, 6.45) is -0.650. The number of carbonyl (C=O) groups is 4. The van der Waals surface area contributed by atoms with Gasteiger partial charge in [-0.1, -0.05) is 5.16 Å². The Morgan fingerprint density at radius 1 is 1.45 bits per heavy atom. The van der Waals surface area contributed by atoms with E-state index in [4.69, 9.17) is 10.5 Å². The van der Waals surface area contributed by atoms with Crippen molar-refractivity contribution in [2.24, 2.45) is 5.16 Å². The van der Waals surface area contributed by atoms with Gasteiger partial charge in [0.25, 0.3) is 11.8 Å². The second-order valence-corrected chi connectivity index (χ2v) is 8.58. The molecule has 3 heterocycles. The van der Waals surface area contributed by atoms with Crippen molar-refractivity contribution in [3.63, 3.8) is 0 Å². The van der Waals surface area contributed by atoms with Crippen LogP contribution in [0.1, 0.15) is 5.69 Å². The molecule has 1 aromatic heterocycles. The summed E-state index contributed by atoms with van der Waals surface area (Å²) in [7, 11) is 2.97. The zero-order valence-electron chi connectivity index (χ0n) is 16.3. The van der Waals surface area contributed by atoms with Gasteiger partial charge in [-0.05, 0) is 0 Å². The third kappa shape index (κ3) is 4.27. The fourth-order valence-electron chi connectivity index (χ4n) is 2.89. The van der Waals surface area contributed by atoms with E-state index in [9.17, 15) is 29.5 Å². The Hall–Kier alpha value is -3.33. The molecule has 13 nitrogen and oxygen atoms in total. The second-order valence-electron chi connectivity index (χ2n) is 6.59. The van der Waals surface area contributed by atoms with E-state index in [0.717, 1.165) is 16.2 Å². The SMILES string of the molecule is CN(C)C(=O)OCC1=C(C(=O)O)N2C(=O)[C@@H](NC(=O)/C(=N/O)c3csc(N)n3)[C@H]2SC1. The molecular formula is C16H18N6O7S2. The summed E-state index contributed by atoms with van der Waals surface area (Å²) in [5.74, 6) is -2.70. The number of hydrogen-bond donors (Lipinski definition) is 4. The number of nitrogen functional groups attached to an aromatic ring is 1. The first-order valence-electron chi connectivity index (χ1n) is 8.64. The lowest BCUT2D eigenvalue weighted by atomic mass is 10.0. The Kier molecular flexibility index (Phi) is 6.35. The van der Waals surface area contributed by atoms with Crippen LogP contribution in [-0.2, 0) is 19.1 Å². The number of carboxylic acid groups (broad SMARTS) is 1. The number of β-lactam (4-membered cyclic amide) rings is 1. The molecule has 0 radical (unpaired) electrons. The van der Waals surface area contributed by atoms with Crippen molar-refractivity contribution in [2.75, 3.05) is 32.2 Å². The van der Waals surface area contributed by atoms with E-state index in [-0.39, 0.29) is 34.5 Å². The van der Waals surface area contributed by atoms with Gasteiger partial charge in [0.1, 0.15) is 29.4 Å². The molecule has 31 heavy (non-hydrogen) atoms. The van der Waals surface area contributed by atoms with Gasteiger partial charge >= 0.3 is 12.1 Å². The van der Waals surface area contributed by atoms with Crippen molar-refractivity contribution in [3.05, 3.63) is 22.3 Å². The summed E-state index contributed by atoms with van der Waals surface area (Å²) >= 11 is 2.24. The maximum atomic E-state index is 12.6. The first kappa shape index (κ1) is 22.4. The lowest BCUT2D eigenvalue weighted by molar-refractivity contribution is -0.150. The number of aromatic nitrogens is 1. The summed E-state index contributed by atoms with van der Waals surface area (Å²) in [5.41, 5.74) is 5.11. The molecule has 0 spiro atoms. The summed E-state index contributed by atoms with van der Waals surface area (Å²) in [4.78, 5) is 54.6. The molecule has 15 heteroatoms. The summed E-state index contributed by atoms with van der Waals surface area (Å²) in [5, 5.41) is 25.0. The molecule has 166 valence electrons. The van der Waals surface area contributed by atoms with Crippen LogP contribution >= 0.6 is 23.1 Å². The number of thiazole rings is 1. The van der Waals surface area contributed by atoms with Crippen molar-refractivity contribution in [1.82, 2.24) is 20.1 Å². The van der Waals surface area contributed by atoms with Gasteiger partial charge < -0.3 is 31.0 Å². The predicted molar refractivity (Wildman–Crippen MR) is 110 cm³/mol. The fraction of sp³-hybridized carbons (Fsp3) is 0.375. The summed E-state index contributed by atoms with van der Waals surface area (Å²) in [6, 6.07) is -1.04. The van der Waals surface area contributed by atoms with Crippen LogP contribution in [0.15, 0.2) is 21.8 Å². The Bertz CT molecular complexity index is 1000. The molecule has 0 aromatic carbocycles. The summed E-state index contributed by atoms with van der Waals surface area (Å²) in [6.45, 7) is -0.286. The van der Waals surface area contributed by atoms with Crippen LogP contribution in [0.4, 0.5) is 9.93 Å². The van der Waals surface area contributed by atoms with Crippen LogP contribution < -0.4 is 11.1 Å². The molecule has 0 unspecified atom stereocenters. The fourth-order valence-corrected chi connectivity index (χ4v) is 4.77. The quantitative estimate of drug-likeness (QED) is 0.180. The number of aliphatic carboxylic acids is 1. The third-order valence-corrected chi connectivity index (χ3v) is 6.36. The minimum Gasteiger partial charge on any atom is -0.477 e. The van der Waals surface area contributed by atoms with Gasteiger partial charge in [-0.3, -0.25) is 14.5 Å². The Balaban J connectivity index is 1.74. The van der Waals surface area contributed by atoms with Crippen LogP contribution in [0.3, 0.4) is 0 Å². The number of rotatable bonds is 6. The van der Waals surface area contributed by atoms with Gasteiger partial charge in [0.15, 0.2) is 10.8 Å². The van der Waals surface area contributed by atoms with Crippen molar-refractivity contribution < 1.29 is 34.2 Å². The average Bonchev–Trinajstić information content (AvgIpc) is 3.15. The van der Waals surface area contributed by atoms with E-state index in [1.807, 2.05) is 0 Å². The molecule has 2 aliphatic rings. The van der Waals surface area contributed by atoms with Gasteiger partial charge in [-0.2, -0.15) is 0 Å². The number of hydrogen-bond acceptors (Lipinski definition) is 11. The maximum absolute atomic E-state index is 12.6. The highest BCUT2D eigenvalue weighted by Gasteiger charge is 2.54. The van der Waals surface area contributed by atoms with Crippen LogP contribution in [0.25, 0.3) is 0 Å². The van der Waals surface area contributed by atoms with Crippen molar-refractivity contribution >= 4 is 57.8 Å². The van der Waals surface area contributed by atoms with E-state index >= 15 is 0 Å². The minimum absolute atomic E-state index is 0.0403. The monoisotopic (exact) mass is 470 g/mol. The molecular weight excluding hydrogens is 452 g/mol. The number of amides is 3. The smallest absolute Gasteiger partial charge is 0.409 e. The zero-order chi connectivity index (χ0) is 22.9. The number of anilines is 1. The van der Waals surface area contributed by atoms with Gasteiger partial charge in [0.2, 0.25) is 0 Å². The standard InChI is InChI=1S/C16H18N6O7S2/c1-21(2)16(27)29-3-6-4-30-13-9(12(24)22(13)10(6)14(25)26)19-11(23)8(20-28)7-5-31-15(17)18-7/h5,9,13,28H,3-4H2,1-2H3,(H2,17,18)(H,19,23)(H,25,26)/b20-8+/t9-,13-/m1/s1. The molecule has 2 aliphatic heterocycles. The number of oxime groups is 1. The van der Waals surface area contributed by atoms with E-state index in [2.05, 4.69) is 15.5 Å². The van der Waals surface area contributed by atoms with Crippen LogP contribution in [-0.4, -0.2) is 92.6 Å². The molecule has 1 fully saturated rings. The number of nitrogens with zero attached hydrogens (tertiary/aromatic N) is 4. The molecule has 2 atom stereocenters. The largest absolute Gasteiger partial charge is 0.477 e. The number of ether oxygens (including phenoxy) is 1. The highest BCUT2D eigenvalue weighted by atomic mass is 32.2. The minimum atomic E-state index is -1.35. The predicted octanol–water partition coefficient (Wildman–Crippen LogP) is -0.660. The van der Waals surface area contributed by atoms with Gasteiger partial charge in [0, 0.05) is 30.8 Å². The number of carbonyl (C=O) groups excluding carboxylic acids is 3. The Morgan fingerprint density at radius 2 is 2.16 bits per heavy atom. The maximum Gasteiger partial charge on any atom is 0.409 e. The van der Waals surface area contributed by atoms with Gasteiger partial charge in [0.05, 0.1) is 0 Å². The second kappa shape index (κ2) is 8.81. The average molecular weight is 470 g/mol. The van der Waals surface area contributed by atoms with Crippen LogP contribution in [0.5, 0.6) is 0 Å². The van der Waals surface area contributed by atoms with E-state index in [0.29, 0.717) is 0 Å². The molecule has 1 saturated heterocycles. The highest BCUT2D eigenvalue weighted by Crippen LogP contribution is 2.40. The number of nitrogens with one attached hydrogen (secondary N) is 1. The number of carboxylic acids is 1. The first-order chi connectivity index (χ1) is 14.6. The normalized spacial score (nSPS) is 20.6. The Labute approximate surface area is 183 Å². The lowest BCUT2D eigenvalue weighted by Crippen LogP contribution is -2.71. The molecule has 0 saturated carbocycles. The van der Waals surface area contributed by atoms with Gasteiger partial charge in [-0.25, -0.2) is 14.6 Å². The number of thioether (sulfide) groups is 1. The van der Waals surface area contributed by atoms with Crippen LogP contribution in [0.2, 0.25) is 0 Å². The molecule has 0 aliphatic carbocycles. The summed E-state index contributed by atoms with van der Waals surface area (Å²) < 4.78 is 5.04. The number of fused-ring (bicyclic) bond motifs is 1. The highest BCUT2D eigenvalue weighted by molar-refractivity contribution is 8.00. The van der Waals surface area contributed by atoms with Crippen LogP contribution in [0, 0.1) is 0 Å². The molecule has 0 bridgehead atoms. The molecule has 3 rings (SSSR count). The van der Waals surface area contributed by atoms with Crippen molar-refractivity contribution in [2.45, 2.75) is 11.4 Å². The van der Waals surface area contributed by atoms with Crippen molar-refractivity contribution in [1.29, 1.82) is 0 Å².